The molecule has 2 aliphatic carbocycles. The summed E-state index contributed by atoms with van der Waals surface area (Å²) in [7, 11) is 0. The van der Waals surface area contributed by atoms with Gasteiger partial charge in [-0.25, -0.2) is 0 Å². The second-order valence-corrected chi connectivity index (χ2v) is 4.58. The highest BCUT2D eigenvalue weighted by Gasteiger charge is 2.49. The average Bonchev–Trinajstić information content (AvgIpc) is 2.46. The highest BCUT2D eigenvalue weighted by atomic mass is 16.5. The summed E-state index contributed by atoms with van der Waals surface area (Å²) in [6.45, 7) is 0.715. The van der Waals surface area contributed by atoms with Gasteiger partial charge >= 0.3 is 5.97 Å². The van der Waals surface area contributed by atoms with Crippen LogP contribution in [0.4, 0.5) is 0 Å². The average molecular weight is 166 g/mol. The van der Waals surface area contributed by atoms with Gasteiger partial charge in [0.1, 0.15) is 0 Å². The molecule has 2 saturated carbocycles. The maximum atomic E-state index is 11.4. The Bertz CT molecular complexity index is 224. The van der Waals surface area contributed by atoms with Gasteiger partial charge in [-0.05, 0) is 37.0 Å². The first-order valence-electron chi connectivity index (χ1n) is 5.01. The first-order valence-corrected chi connectivity index (χ1v) is 5.01. The molecule has 1 saturated heterocycles. The number of hydrogen-bond donors (Lipinski definition) is 0. The van der Waals surface area contributed by atoms with Crippen LogP contribution in [0.25, 0.3) is 0 Å². The van der Waals surface area contributed by atoms with Gasteiger partial charge in [-0.1, -0.05) is 6.42 Å². The van der Waals surface area contributed by atoms with Crippen LogP contribution in [0.15, 0.2) is 0 Å². The van der Waals surface area contributed by atoms with Crippen LogP contribution in [0.3, 0.4) is 0 Å². The molecule has 3 rings (SSSR count). The van der Waals surface area contributed by atoms with Crippen LogP contribution in [-0.2, 0) is 9.53 Å². The lowest BCUT2D eigenvalue weighted by Crippen LogP contribution is -2.36. The maximum Gasteiger partial charge on any atom is 0.309 e. The smallest absolute Gasteiger partial charge is 0.309 e. The molecule has 12 heavy (non-hydrogen) atoms. The van der Waals surface area contributed by atoms with Crippen molar-refractivity contribution in [3.8, 4) is 0 Å². The van der Waals surface area contributed by atoms with E-state index < -0.39 is 0 Å². The largest absolute Gasteiger partial charge is 0.465 e. The van der Waals surface area contributed by atoms with Gasteiger partial charge in [-0.15, -0.1) is 0 Å². The van der Waals surface area contributed by atoms with Crippen molar-refractivity contribution < 1.29 is 9.53 Å². The van der Waals surface area contributed by atoms with Crippen LogP contribution in [-0.4, -0.2) is 12.6 Å². The molecule has 66 valence electrons. The van der Waals surface area contributed by atoms with Gasteiger partial charge in [0.25, 0.3) is 0 Å². The van der Waals surface area contributed by atoms with E-state index in [1.165, 1.54) is 19.3 Å². The van der Waals surface area contributed by atoms with Crippen molar-refractivity contribution in [2.45, 2.75) is 25.7 Å². The van der Waals surface area contributed by atoms with Crippen LogP contribution >= 0.6 is 0 Å². The standard InChI is InChI=1S/C10H14O2/c11-10-9-4-6-1-2-7(5-12-10)8(9)3-6/h6-9H,1-5H2. The van der Waals surface area contributed by atoms with Crippen molar-refractivity contribution in [2.24, 2.45) is 23.7 Å². The Balaban J connectivity index is 1.93. The van der Waals surface area contributed by atoms with E-state index in [4.69, 9.17) is 4.74 Å². The fourth-order valence-electron chi connectivity index (χ4n) is 3.37. The molecule has 4 atom stereocenters. The Morgan fingerprint density at radius 3 is 3.08 bits per heavy atom. The van der Waals surface area contributed by atoms with E-state index in [2.05, 4.69) is 0 Å². The minimum absolute atomic E-state index is 0.0978. The zero-order valence-corrected chi connectivity index (χ0v) is 7.16. The highest BCUT2D eigenvalue weighted by molar-refractivity contribution is 5.74. The third-order valence-electron chi connectivity index (χ3n) is 4.00. The van der Waals surface area contributed by atoms with Gasteiger partial charge in [-0.3, -0.25) is 4.79 Å². The summed E-state index contributed by atoms with van der Waals surface area (Å²) in [5, 5.41) is 0. The number of carbonyl (C=O) groups is 1. The Hall–Kier alpha value is -0.530. The minimum atomic E-state index is 0.0978. The SMILES string of the molecule is O=C1OCC2CCC3CC1C2C3. The van der Waals surface area contributed by atoms with Gasteiger partial charge in [0.15, 0.2) is 0 Å². The van der Waals surface area contributed by atoms with Crippen molar-refractivity contribution in [3.05, 3.63) is 0 Å². The van der Waals surface area contributed by atoms with Crippen molar-refractivity contribution in [1.82, 2.24) is 0 Å². The second kappa shape index (κ2) is 2.24. The monoisotopic (exact) mass is 166 g/mol. The van der Waals surface area contributed by atoms with E-state index in [9.17, 15) is 4.79 Å². The van der Waals surface area contributed by atoms with Crippen LogP contribution in [0.1, 0.15) is 25.7 Å². The number of cyclic esters (lactones) is 1. The van der Waals surface area contributed by atoms with Crippen molar-refractivity contribution in [3.63, 3.8) is 0 Å². The lowest BCUT2D eigenvalue weighted by atomic mass is 9.77. The zero-order chi connectivity index (χ0) is 8.13. The third kappa shape index (κ3) is 0.782. The van der Waals surface area contributed by atoms with Crippen LogP contribution in [0, 0.1) is 23.7 Å². The quantitative estimate of drug-likeness (QED) is 0.511. The minimum Gasteiger partial charge on any atom is -0.465 e. The second-order valence-electron chi connectivity index (χ2n) is 4.58. The van der Waals surface area contributed by atoms with Gasteiger partial charge < -0.3 is 4.74 Å². The fourth-order valence-corrected chi connectivity index (χ4v) is 3.37. The lowest BCUT2D eigenvalue weighted by molar-refractivity contribution is -0.159. The Kier molecular flexibility index (Phi) is 1.29. The molecule has 0 amide bonds. The molecule has 2 nitrogen and oxygen atoms in total. The maximum absolute atomic E-state index is 11.4. The summed E-state index contributed by atoms with van der Waals surface area (Å²) in [5.74, 6) is 2.65. The number of ether oxygens (including phenoxy) is 1. The molecule has 3 aliphatic rings. The molecule has 1 aliphatic heterocycles. The van der Waals surface area contributed by atoms with Gasteiger partial charge in [0.2, 0.25) is 0 Å². The Morgan fingerprint density at radius 2 is 2.17 bits per heavy atom. The van der Waals surface area contributed by atoms with E-state index in [1.54, 1.807) is 0 Å². The molecule has 2 bridgehead atoms. The predicted molar refractivity (Wildman–Crippen MR) is 43.4 cm³/mol. The first kappa shape index (κ1) is 6.93. The summed E-state index contributed by atoms with van der Waals surface area (Å²) in [6, 6.07) is 0. The van der Waals surface area contributed by atoms with E-state index in [0.29, 0.717) is 18.4 Å². The normalized spacial score (nSPS) is 50.5. The summed E-state index contributed by atoms with van der Waals surface area (Å²) in [4.78, 5) is 11.4. The van der Waals surface area contributed by atoms with E-state index in [-0.39, 0.29) is 11.9 Å². The lowest BCUT2D eigenvalue weighted by Gasteiger charge is -2.34. The van der Waals surface area contributed by atoms with Gasteiger partial charge in [0, 0.05) is 0 Å². The molecule has 0 aromatic carbocycles. The predicted octanol–water partition coefficient (Wildman–Crippen LogP) is 1.60. The molecule has 0 N–H and O–H groups in total. The molecule has 2 heteroatoms. The zero-order valence-electron chi connectivity index (χ0n) is 7.16. The number of rotatable bonds is 0. The Labute approximate surface area is 72.3 Å². The number of carbonyl (C=O) groups excluding carboxylic acids is 1. The molecule has 0 aromatic heterocycles. The molecule has 4 unspecified atom stereocenters. The van der Waals surface area contributed by atoms with Crippen molar-refractivity contribution in [1.29, 1.82) is 0 Å². The van der Waals surface area contributed by atoms with Gasteiger partial charge in [-0.2, -0.15) is 0 Å². The van der Waals surface area contributed by atoms with Crippen LogP contribution in [0.5, 0.6) is 0 Å². The number of esters is 1. The summed E-state index contributed by atoms with van der Waals surface area (Å²) in [6.07, 6.45) is 5.08. The topological polar surface area (TPSA) is 26.3 Å². The fraction of sp³-hybridized carbons (Fsp3) is 0.900. The van der Waals surface area contributed by atoms with Gasteiger partial charge in [0.05, 0.1) is 12.5 Å². The van der Waals surface area contributed by atoms with E-state index in [0.717, 1.165) is 12.3 Å². The molecule has 0 radical (unpaired) electrons. The summed E-state index contributed by atoms with van der Waals surface area (Å²) in [5.41, 5.74) is 0. The third-order valence-corrected chi connectivity index (χ3v) is 4.00. The molecule has 1 heterocycles. The highest BCUT2D eigenvalue weighted by Crippen LogP contribution is 2.51. The molecular formula is C10H14O2. The molecule has 3 fully saturated rings. The summed E-state index contributed by atoms with van der Waals surface area (Å²) < 4.78 is 5.18. The number of hydrogen-bond acceptors (Lipinski definition) is 2. The molecule has 0 spiro atoms. The van der Waals surface area contributed by atoms with Crippen molar-refractivity contribution >= 4 is 5.97 Å². The van der Waals surface area contributed by atoms with E-state index in [1.807, 2.05) is 0 Å². The first-order chi connectivity index (χ1) is 5.84. The molecular weight excluding hydrogens is 152 g/mol. The van der Waals surface area contributed by atoms with Crippen LogP contribution < -0.4 is 0 Å². The Morgan fingerprint density at radius 1 is 1.25 bits per heavy atom. The van der Waals surface area contributed by atoms with Crippen LogP contribution in [0.2, 0.25) is 0 Å². The number of fused-ring (bicyclic) bond motifs is 1. The summed E-state index contributed by atoms with van der Waals surface area (Å²) >= 11 is 0. The van der Waals surface area contributed by atoms with E-state index >= 15 is 0 Å². The van der Waals surface area contributed by atoms with Crippen molar-refractivity contribution in [2.75, 3.05) is 6.61 Å². The molecule has 0 aromatic rings.